The van der Waals surface area contributed by atoms with Crippen LogP contribution >= 0.6 is 23.2 Å². The van der Waals surface area contributed by atoms with Crippen molar-refractivity contribution in [3.8, 4) is 5.88 Å². The number of carbonyl (C=O) groups is 1. The molecule has 0 aliphatic rings. The van der Waals surface area contributed by atoms with Crippen molar-refractivity contribution in [2.45, 2.75) is 6.54 Å². The van der Waals surface area contributed by atoms with Gasteiger partial charge in [-0.1, -0.05) is 29.3 Å². The molecular formula is C15H12Cl2N6O4. The normalized spacial score (nSPS) is 10.6. The summed E-state index contributed by atoms with van der Waals surface area (Å²) in [4.78, 5) is 22.7. The number of amides is 1. The number of H-pyrrole nitrogens is 1. The first kappa shape index (κ1) is 18.7. The van der Waals surface area contributed by atoms with Crippen LogP contribution in [0.5, 0.6) is 5.88 Å². The van der Waals surface area contributed by atoms with Gasteiger partial charge in [0.25, 0.3) is 5.91 Å². The molecule has 0 radical (unpaired) electrons. The van der Waals surface area contributed by atoms with E-state index in [4.69, 9.17) is 27.9 Å². The van der Waals surface area contributed by atoms with Crippen molar-refractivity contribution in [3.05, 3.63) is 61.9 Å². The SMILES string of the molecule is COc1n[nH]c(C(=O)Nc2ccn(Cc3c(Cl)cccc3Cl)n2)c1[N+](=O)[O-]. The van der Waals surface area contributed by atoms with Crippen LogP contribution in [0.25, 0.3) is 0 Å². The van der Waals surface area contributed by atoms with Crippen LogP contribution in [0.3, 0.4) is 0 Å². The number of benzene rings is 1. The first-order valence-corrected chi connectivity index (χ1v) is 8.20. The van der Waals surface area contributed by atoms with Crippen LogP contribution in [0, 0.1) is 10.1 Å². The highest BCUT2D eigenvalue weighted by molar-refractivity contribution is 6.35. The number of nitrogens with zero attached hydrogens (tertiary/aromatic N) is 4. The van der Waals surface area contributed by atoms with Gasteiger partial charge in [-0.15, -0.1) is 5.10 Å². The first-order valence-electron chi connectivity index (χ1n) is 7.45. The lowest BCUT2D eigenvalue weighted by molar-refractivity contribution is -0.386. The number of rotatable bonds is 6. The summed E-state index contributed by atoms with van der Waals surface area (Å²) in [6, 6.07) is 6.68. The molecule has 3 rings (SSSR count). The molecule has 0 atom stereocenters. The molecule has 0 unspecified atom stereocenters. The van der Waals surface area contributed by atoms with Gasteiger partial charge in [0, 0.05) is 27.9 Å². The molecule has 0 bridgehead atoms. The number of nitro groups is 1. The molecule has 2 N–H and O–H groups in total. The van der Waals surface area contributed by atoms with Crippen LogP contribution < -0.4 is 10.1 Å². The smallest absolute Gasteiger partial charge is 0.362 e. The number of hydrogen-bond acceptors (Lipinski definition) is 6. The predicted octanol–water partition coefficient (Wildman–Crippen LogP) is 3.13. The summed E-state index contributed by atoms with van der Waals surface area (Å²) in [5.74, 6) is -0.881. The highest BCUT2D eigenvalue weighted by Crippen LogP contribution is 2.28. The monoisotopic (exact) mass is 410 g/mol. The number of halogens is 2. The maximum Gasteiger partial charge on any atom is 0.362 e. The van der Waals surface area contributed by atoms with E-state index in [1.165, 1.54) is 17.9 Å². The first-order chi connectivity index (χ1) is 12.9. The van der Waals surface area contributed by atoms with Crippen molar-refractivity contribution in [3.63, 3.8) is 0 Å². The number of carbonyl (C=O) groups excluding carboxylic acids is 1. The molecule has 2 aromatic heterocycles. The van der Waals surface area contributed by atoms with Gasteiger partial charge in [-0.2, -0.15) is 5.10 Å². The Bertz CT molecular complexity index is 995. The molecule has 12 heteroatoms. The van der Waals surface area contributed by atoms with Gasteiger partial charge in [0.2, 0.25) is 5.69 Å². The van der Waals surface area contributed by atoms with Crippen molar-refractivity contribution >= 4 is 40.6 Å². The number of aromatic amines is 1. The fourth-order valence-corrected chi connectivity index (χ4v) is 2.85. The standard InChI is InChI=1S/C15H12Cl2N6O4/c1-27-15-13(23(25)26)12(19-20-15)14(24)18-11-5-6-22(21-11)7-8-9(16)3-2-4-10(8)17/h2-6H,7H2,1H3,(H,19,20)(H,18,21,24). The number of aromatic nitrogens is 4. The Hall–Kier alpha value is -3.11. The Kier molecular flexibility index (Phi) is 5.28. The molecule has 0 aliphatic heterocycles. The Morgan fingerprint density at radius 3 is 2.70 bits per heavy atom. The summed E-state index contributed by atoms with van der Waals surface area (Å²) in [6.07, 6.45) is 1.61. The molecule has 0 spiro atoms. The lowest BCUT2D eigenvalue weighted by Crippen LogP contribution is -2.15. The zero-order chi connectivity index (χ0) is 19.6. The maximum absolute atomic E-state index is 12.3. The van der Waals surface area contributed by atoms with Crippen molar-refractivity contribution in [2.75, 3.05) is 12.4 Å². The number of methoxy groups -OCH3 is 1. The summed E-state index contributed by atoms with van der Waals surface area (Å²) < 4.78 is 6.29. The van der Waals surface area contributed by atoms with Gasteiger partial charge in [-0.25, -0.2) is 0 Å². The summed E-state index contributed by atoms with van der Waals surface area (Å²) in [5, 5.41) is 24.6. The van der Waals surface area contributed by atoms with Gasteiger partial charge in [0.1, 0.15) is 0 Å². The number of anilines is 1. The lowest BCUT2D eigenvalue weighted by atomic mass is 10.2. The number of hydrogen-bond donors (Lipinski definition) is 2. The molecule has 1 amide bonds. The topological polar surface area (TPSA) is 128 Å². The van der Waals surface area contributed by atoms with Crippen molar-refractivity contribution in [2.24, 2.45) is 0 Å². The fourth-order valence-electron chi connectivity index (χ4n) is 2.33. The second kappa shape index (κ2) is 7.64. The molecule has 1 aromatic carbocycles. The van der Waals surface area contributed by atoms with Crippen LogP contribution in [0.4, 0.5) is 11.5 Å². The van der Waals surface area contributed by atoms with Crippen molar-refractivity contribution in [1.29, 1.82) is 0 Å². The van der Waals surface area contributed by atoms with E-state index < -0.39 is 16.5 Å². The molecule has 3 aromatic rings. The Labute approximate surface area is 162 Å². The molecule has 27 heavy (non-hydrogen) atoms. The largest absolute Gasteiger partial charge is 0.475 e. The average molecular weight is 411 g/mol. The minimum atomic E-state index is -0.779. The summed E-state index contributed by atoms with van der Waals surface area (Å²) in [5.41, 5.74) is -0.228. The number of nitrogens with one attached hydrogen (secondary N) is 2. The zero-order valence-electron chi connectivity index (χ0n) is 13.8. The van der Waals surface area contributed by atoms with Gasteiger partial charge in [0.05, 0.1) is 18.6 Å². The molecule has 10 nitrogen and oxygen atoms in total. The third kappa shape index (κ3) is 3.86. The highest BCUT2D eigenvalue weighted by Gasteiger charge is 2.30. The average Bonchev–Trinajstić information content (AvgIpc) is 3.24. The van der Waals surface area contributed by atoms with Gasteiger partial charge >= 0.3 is 11.6 Å². The molecule has 0 saturated heterocycles. The molecular weight excluding hydrogens is 399 g/mol. The van der Waals surface area contributed by atoms with E-state index in [-0.39, 0.29) is 23.9 Å². The second-order valence-corrected chi connectivity index (χ2v) is 6.08. The molecule has 140 valence electrons. The van der Waals surface area contributed by atoms with Crippen LogP contribution in [0.1, 0.15) is 16.1 Å². The third-order valence-electron chi connectivity index (χ3n) is 3.58. The molecule has 2 heterocycles. The van der Waals surface area contributed by atoms with Gasteiger partial charge in [-0.3, -0.25) is 24.7 Å². The van der Waals surface area contributed by atoms with Crippen LogP contribution in [0.15, 0.2) is 30.5 Å². The predicted molar refractivity (Wildman–Crippen MR) is 97.5 cm³/mol. The maximum atomic E-state index is 12.3. The van der Waals surface area contributed by atoms with E-state index in [0.717, 1.165) is 0 Å². The van der Waals surface area contributed by atoms with Crippen LogP contribution in [0.2, 0.25) is 10.0 Å². The summed E-state index contributed by atoms with van der Waals surface area (Å²) in [7, 11) is 1.21. The van der Waals surface area contributed by atoms with E-state index in [0.29, 0.717) is 15.6 Å². The Balaban J connectivity index is 1.77. The van der Waals surface area contributed by atoms with E-state index in [9.17, 15) is 14.9 Å². The highest BCUT2D eigenvalue weighted by atomic mass is 35.5. The van der Waals surface area contributed by atoms with Crippen LogP contribution in [-0.2, 0) is 6.54 Å². The van der Waals surface area contributed by atoms with Crippen molar-refractivity contribution < 1.29 is 14.5 Å². The Morgan fingerprint density at radius 1 is 1.37 bits per heavy atom. The molecule has 0 aliphatic carbocycles. The fraction of sp³-hybridized carbons (Fsp3) is 0.133. The zero-order valence-corrected chi connectivity index (χ0v) is 15.3. The second-order valence-electron chi connectivity index (χ2n) is 5.27. The minimum Gasteiger partial charge on any atom is -0.475 e. The van der Waals surface area contributed by atoms with E-state index in [1.54, 1.807) is 24.4 Å². The molecule has 0 fully saturated rings. The molecule has 0 saturated carbocycles. The summed E-state index contributed by atoms with van der Waals surface area (Å²) in [6.45, 7) is 0.284. The van der Waals surface area contributed by atoms with Gasteiger partial charge in [0.15, 0.2) is 5.82 Å². The van der Waals surface area contributed by atoms with E-state index >= 15 is 0 Å². The quantitative estimate of drug-likeness (QED) is 0.474. The summed E-state index contributed by atoms with van der Waals surface area (Å²) >= 11 is 12.3. The van der Waals surface area contributed by atoms with Crippen LogP contribution in [-0.4, -0.2) is 37.9 Å². The van der Waals surface area contributed by atoms with Gasteiger partial charge in [-0.05, 0) is 12.1 Å². The Morgan fingerprint density at radius 2 is 2.07 bits per heavy atom. The van der Waals surface area contributed by atoms with Crippen molar-refractivity contribution in [1.82, 2.24) is 20.0 Å². The lowest BCUT2D eigenvalue weighted by Gasteiger charge is -2.06. The number of ether oxygens (including phenoxy) is 1. The minimum absolute atomic E-state index is 0.186. The van der Waals surface area contributed by atoms with E-state index in [2.05, 4.69) is 20.6 Å². The van der Waals surface area contributed by atoms with Gasteiger partial charge < -0.3 is 10.1 Å². The third-order valence-corrected chi connectivity index (χ3v) is 4.28. The van der Waals surface area contributed by atoms with E-state index in [1.807, 2.05) is 0 Å².